The number of benzene rings is 2. The van der Waals surface area contributed by atoms with Crippen LogP contribution in [0, 0.1) is 5.82 Å². The molecule has 8 heteroatoms. The molecule has 2 aromatic rings. The van der Waals surface area contributed by atoms with Crippen molar-refractivity contribution in [3.05, 3.63) is 57.8 Å². The number of ether oxygens (including phenoxy) is 1. The zero-order chi connectivity index (χ0) is 15.6. The van der Waals surface area contributed by atoms with Gasteiger partial charge in [-0.1, -0.05) is 23.2 Å². The van der Waals surface area contributed by atoms with E-state index in [2.05, 4.69) is 0 Å². The van der Waals surface area contributed by atoms with Crippen LogP contribution in [0.2, 0.25) is 10.0 Å². The van der Waals surface area contributed by atoms with E-state index in [0.29, 0.717) is 5.02 Å². The van der Waals surface area contributed by atoms with E-state index in [0.717, 1.165) is 0 Å². The first-order valence-corrected chi connectivity index (χ1v) is 7.96. The van der Waals surface area contributed by atoms with E-state index in [1.807, 2.05) is 0 Å². The van der Waals surface area contributed by atoms with Gasteiger partial charge in [0.05, 0.1) is 9.92 Å². The third-order valence-corrected chi connectivity index (χ3v) is 4.06. The molecule has 0 amide bonds. The maximum Gasteiger partial charge on any atom is 0.238 e. The fourth-order valence-electron chi connectivity index (χ4n) is 1.59. The molecule has 0 spiro atoms. The number of hydrogen-bond acceptors (Lipinski definition) is 3. The maximum atomic E-state index is 13.5. The summed E-state index contributed by atoms with van der Waals surface area (Å²) in [6, 6.07) is 7.86. The van der Waals surface area contributed by atoms with Crippen LogP contribution in [0.15, 0.2) is 41.3 Å². The molecule has 112 valence electrons. The number of hydrogen-bond donors (Lipinski definition) is 1. The average Bonchev–Trinajstić information content (AvgIpc) is 2.40. The van der Waals surface area contributed by atoms with Crippen molar-refractivity contribution in [3.63, 3.8) is 0 Å². The molecule has 0 aromatic heterocycles. The van der Waals surface area contributed by atoms with Crippen LogP contribution in [-0.2, 0) is 16.6 Å². The lowest BCUT2D eigenvalue weighted by atomic mass is 10.2. The van der Waals surface area contributed by atoms with Gasteiger partial charge >= 0.3 is 0 Å². The van der Waals surface area contributed by atoms with E-state index in [1.165, 1.54) is 36.4 Å². The molecule has 2 aromatic carbocycles. The summed E-state index contributed by atoms with van der Waals surface area (Å²) in [6.45, 7) is -0.0964. The van der Waals surface area contributed by atoms with Crippen molar-refractivity contribution in [2.24, 2.45) is 5.14 Å². The SMILES string of the molecule is NS(=O)(=O)c1ccc(OCc2cc(Cl)ccc2F)c(Cl)c1. The van der Waals surface area contributed by atoms with Gasteiger partial charge in [0.2, 0.25) is 10.0 Å². The summed E-state index contributed by atoms with van der Waals surface area (Å²) in [7, 11) is -3.84. The van der Waals surface area contributed by atoms with Gasteiger partial charge in [0.1, 0.15) is 18.2 Å². The predicted molar refractivity (Wildman–Crippen MR) is 78.6 cm³/mol. The zero-order valence-corrected chi connectivity index (χ0v) is 12.8. The van der Waals surface area contributed by atoms with Gasteiger partial charge in [-0.25, -0.2) is 17.9 Å². The maximum absolute atomic E-state index is 13.5. The Morgan fingerprint density at radius 2 is 1.86 bits per heavy atom. The van der Waals surface area contributed by atoms with Crippen molar-refractivity contribution < 1.29 is 17.5 Å². The van der Waals surface area contributed by atoms with Gasteiger partial charge in [0, 0.05) is 10.6 Å². The predicted octanol–water partition coefficient (Wildman–Crippen LogP) is 3.36. The molecule has 0 atom stereocenters. The molecular formula is C13H10Cl2FNO3S. The topological polar surface area (TPSA) is 69.4 Å². The Morgan fingerprint density at radius 1 is 1.14 bits per heavy atom. The van der Waals surface area contributed by atoms with Crippen LogP contribution in [0.3, 0.4) is 0 Å². The summed E-state index contributed by atoms with van der Waals surface area (Å²) < 4.78 is 41.2. The normalized spacial score (nSPS) is 11.4. The van der Waals surface area contributed by atoms with Crippen LogP contribution in [0.4, 0.5) is 4.39 Å². The van der Waals surface area contributed by atoms with Crippen molar-refractivity contribution >= 4 is 33.2 Å². The third kappa shape index (κ3) is 4.07. The Kier molecular flexibility index (Phi) is 4.73. The largest absolute Gasteiger partial charge is 0.487 e. The van der Waals surface area contributed by atoms with Gasteiger partial charge in [-0.05, 0) is 36.4 Å². The highest BCUT2D eigenvalue weighted by molar-refractivity contribution is 7.89. The molecule has 0 aliphatic heterocycles. The number of rotatable bonds is 4. The summed E-state index contributed by atoms with van der Waals surface area (Å²) in [5.74, 6) is -0.250. The van der Waals surface area contributed by atoms with Gasteiger partial charge in [-0.2, -0.15) is 0 Å². The molecule has 0 fully saturated rings. The minimum atomic E-state index is -3.84. The molecule has 0 radical (unpaired) electrons. The number of nitrogens with two attached hydrogens (primary N) is 1. The quantitative estimate of drug-likeness (QED) is 0.919. The first kappa shape index (κ1) is 16.0. The Morgan fingerprint density at radius 3 is 2.48 bits per heavy atom. The van der Waals surface area contributed by atoms with Crippen LogP contribution in [0.1, 0.15) is 5.56 Å². The summed E-state index contributed by atoms with van der Waals surface area (Å²) in [5, 5.41) is 5.43. The molecule has 2 N–H and O–H groups in total. The number of primary sulfonamides is 1. The Labute approximate surface area is 131 Å². The van der Waals surface area contributed by atoms with Crippen molar-refractivity contribution in [2.45, 2.75) is 11.5 Å². The second-order valence-electron chi connectivity index (χ2n) is 4.16. The van der Waals surface area contributed by atoms with Gasteiger partial charge in [-0.15, -0.1) is 0 Å². The van der Waals surface area contributed by atoms with Gasteiger partial charge < -0.3 is 4.74 Å². The van der Waals surface area contributed by atoms with Crippen LogP contribution < -0.4 is 9.88 Å². The lowest BCUT2D eigenvalue weighted by Crippen LogP contribution is -2.12. The molecule has 0 aliphatic rings. The van der Waals surface area contributed by atoms with Crippen molar-refractivity contribution in [3.8, 4) is 5.75 Å². The van der Waals surface area contributed by atoms with Gasteiger partial charge in [0.15, 0.2) is 0 Å². The second kappa shape index (κ2) is 6.19. The van der Waals surface area contributed by atoms with Crippen molar-refractivity contribution in [2.75, 3.05) is 0 Å². The van der Waals surface area contributed by atoms with E-state index >= 15 is 0 Å². The Bertz CT molecular complexity index is 781. The minimum Gasteiger partial charge on any atom is -0.487 e. The van der Waals surface area contributed by atoms with Crippen LogP contribution in [-0.4, -0.2) is 8.42 Å². The van der Waals surface area contributed by atoms with Crippen molar-refractivity contribution in [1.82, 2.24) is 0 Å². The molecule has 0 saturated carbocycles. The summed E-state index contributed by atoms with van der Waals surface area (Å²) in [5.41, 5.74) is 0.258. The molecular weight excluding hydrogens is 340 g/mol. The molecule has 0 heterocycles. The molecule has 0 saturated heterocycles. The van der Waals surface area contributed by atoms with E-state index in [4.69, 9.17) is 33.1 Å². The number of halogens is 3. The molecule has 4 nitrogen and oxygen atoms in total. The van der Waals surface area contributed by atoms with E-state index < -0.39 is 15.8 Å². The highest BCUT2D eigenvalue weighted by Gasteiger charge is 2.12. The second-order valence-corrected chi connectivity index (χ2v) is 6.57. The lowest BCUT2D eigenvalue weighted by molar-refractivity contribution is 0.300. The smallest absolute Gasteiger partial charge is 0.238 e. The van der Waals surface area contributed by atoms with E-state index in [-0.39, 0.29) is 27.8 Å². The lowest BCUT2D eigenvalue weighted by Gasteiger charge is -2.10. The molecule has 21 heavy (non-hydrogen) atoms. The van der Waals surface area contributed by atoms with Crippen molar-refractivity contribution in [1.29, 1.82) is 0 Å². The van der Waals surface area contributed by atoms with Crippen LogP contribution >= 0.6 is 23.2 Å². The summed E-state index contributed by atoms with van der Waals surface area (Å²) in [6.07, 6.45) is 0. The fourth-order valence-corrected chi connectivity index (χ4v) is 2.62. The first-order valence-electron chi connectivity index (χ1n) is 5.66. The Balaban J connectivity index is 2.19. The standard InChI is InChI=1S/C13H10Cl2FNO3S/c14-9-1-3-12(16)8(5-9)7-20-13-4-2-10(6-11(13)15)21(17,18)19/h1-6H,7H2,(H2,17,18,19). The van der Waals surface area contributed by atoms with E-state index in [1.54, 1.807) is 0 Å². The van der Waals surface area contributed by atoms with Crippen LogP contribution in [0.5, 0.6) is 5.75 Å². The zero-order valence-electron chi connectivity index (χ0n) is 10.5. The van der Waals surface area contributed by atoms with E-state index in [9.17, 15) is 12.8 Å². The average molecular weight is 350 g/mol. The highest BCUT2D eigenvalue weighted by atomic mass is 35.5. The van der Waals surface area contributed by atoms with Crippen LogP contribution in [0.25, 0.3) is 0 Å². The Hall–Kier alpha value is -1.34. The molecule has 0 bridgehead atoms. The summed E-state index contributed by atoms with van der Waals surface area (Å²) >= 11 is 11.7. The summed E-state index contributed by atoms with van der Waals surface area (Å²) in [4.78, 5) is -0.131. The fraction of sp³-hybridized carbons (Fsp3) is 0.0769. The van der Waals surface area contributed by atoms with Gasteiger partial charge in [-0.3, -0.25) is 0 Å². The number of sulfonamides is 1. The molecule has 2 rings (SSSR count). The molecule has 0 aliphatic carbocycles. The van der Waals surface area contributed by atoms with Gasteiger partial charge in [0.25, 0.3) is 0 Å². The third-order valence-electron chi connectivity index (χ3n) is 2.62. The first-order chi connectivity index (χ1) is 9.77. The minimum absolute atomic E-state index is 0.0592. The molecule has 0 unspecified atom stereocenters. The highest BCUT2D eigenvalue weighted by Crippen LogP contribution is 2.28. The monoisotopic (exact) mass is 349 g/mol.